The zero-order valence-electron chi connectivity index (χ0n) is 15.8. The van der Waals surface area contributed by atoms with Crippen molar-refractivity contribution in [3.05, 3.63) is 0 Å². The number of carbonyl (C=O) groups excluding carboxylic acids is 1. The Labute approximate surface area is 169 Å². The van der Waals surface area contributed by atoms with E-state index in [4.69, 9.17) is 4.74 Å². The van der Waals surface area contributed by atoms with E-state index >= 15 is 0 Å². The summed E-state index contributed by atoms with van der Waals surface area (Å²) in [6.07, 6.45) is 9.50. The summed E-state index contributed by atoms with van der Waals surface area (Å²) < 4.78 is 5.94. The van der Waals surface area contributed by atoms with Crippen LogP contribution in [-0.4, -0.2) is 62.2 Å². The van der Waals surface area contributed by atoms with Crippen molar-refractivity contribution in [3.63, 3.8) is 0 Å². The van der Waals surface area contributed by atoms with Gasteiger partial charge in [0.2, 0.25) is 5.91 Å². The highest BCUT2D eigenvalue weighted by atomic mass is 127. The van der Waals surface area contributed by atoms with E-state index < -0.39 is 0 Å². The Bertz CT molecular complexity index is 414. The zero-order chi connectivity index (χ0) is 17.2. The van der Waals surface area contributed by atoms with Gasteiger partial charge in [0.05, 0.1) is 6.10 Å². The molecule has 0 aromatic rings. The van der Waals surface area contributed by atoms with E-state index in [1.54, 1.807) is 7.05 Å². The molecule has 2 N–H and O–H groups in total. The van der Waals surface area contributed by atoms with E-state index in [-0.39, 0.29) is 29.9 Å². The minimum Gasteiger partial charge on any atom is -0.378 e. The summed E-state index contributed by atoms with van der Waals surface area (Å²) in [5, 5.41) is 6.77. The molecule has 1 atom stereocenters. The first-order chi connectivity index (χ1) is 11.7. The minimum absolute atomic E-state index is 0. The van der Waals surface area contributed by atoms with Crippen LogP contribution in [0.15, 0.2) is 4.99 Å². The number of nitrogens with zero attached hydrogens (tertiary/aromatic N) is 2. The van der Waals surface area contributed by atoms with Crippen LogP contribution in [0.1, 0.15) is 58.3 Å². The highest BCUT2D eigenvalue weighted by Gasteiger charge is 2.25. The van der Waals surface area contributed by atoms with Crippen LogP contribution in [0.5, 0.6) is 0 Å². The Morgan fingerprint density at radius 3 is 2.68 bits per heavy atom. The molecule has 0 spiro atoms. The van der Waals surface area contributed by atoms with Gasteiger partial charge in [0.25, 0.3) is 0 Å². The number of halogens is 1. The van der Waals surface area contributed by atoms with Crippen LogP contribution >= 0.6 is 24.0 Å². The number of guanidine groups is 1. The van der Waals surface area contributed by atoms with Gasteiger partial charge in [-0.1, -0.05) is 26.2 Å². The fraction of sp³-hybridized carbons (Fsp3) is 0.889. The Balaban J connectivity index is 0.00000312. The van der Waals surface area contributed by atoms with E-state index in [1.165, 1.54) is 32.1 Å². The van der Waals surface area contributed by atoms with Crippen LogP contribution in [0.25, 0.3) is 0 Å². The summed E-state index contributed by atoms with van der Waals surface area (Å²) in [5.74, 6) is 1.06. The molecule has 0 bridgehead atoms. The number of aliphatic imine (C=N–C) groups is 1. The van der Waals surface area contributed by atoms with E-state index in [2.05, 4.69) is 15.6 Å². The van der Waals surface area contributed by atoms with Crippen LogP contribution in [0, 0.1) is 0 Å². The molecule has 1 amide bonds. The predicted octanol–water partition coefficient (Wildman–Crippen LogP) is 2.52. The van der Waals surface area contributed by atoms with Crippen LogP contribution in [0.3, 0.4) is 0 Å². The molecule has 2 aliphatic rings. The highest BCUT2D eigenvalue weighted by molar-refractivity contribution is 14.0. The van der Waals surface area contributed by atoms with Crippen molar-refractivity contribution in [2.24, 2.45) is 4.99 Å². The molecule has 1 aliphatic heterocycles. The van der Waals surface area contributed by atoms with Crippen LogP contribution in [-0.2, 0) is 9.53 Å². The summed E-state index contributed by atoms with van der Waals surface area (Å²) >= 11 is 0. The molecule has 25 heavy (non-hydrogen) atoms. The number of likely N-dealkylation sites (tertiary alicyclic amines) is 1. The maximum absolute atomic E-state index is 11.7. The van der Waals surface area contributed by atoms with Crippen molar-refractivity contribution in [1.29, 1.82) is 0 Å². The van der Waals surface area contributed by atoms with Gasteiger partial charge in [-0.25, -0.2) is 0 Å². The first kappa shape index (κ1) is 22.5. The predicted molar refractivity (Wildman–Crippen MR) is 113 cm³/mol. The van der Waals surface area contributed by atoms with Crippen LogP contribution in [0.2, 0.25) is 0 Å². The van der Waals surface area contributed by atoms with Crippen molar-refractivity contribution in [3.8, 4) is 0 Å². The van der Waals surface area contributed by atoms with Crippen molar-refractivity contribution >= 4 is 35.8 Å². The molecule has 2 rings (SSSR count). The Kier molecular flexibility index (Phi) is 11.4. The maximum Gasteiger partial charge on any atom is 0.222 e. The van der Waals surface area contributed by atoms with Gasteiger partial charge < -0.3 is 20.3 Å². The molecular weight excluding hydrogens is 431 g/mol. The fourth-order valence-corrected chi connectivity index (χ4v) is 3.48. The van der Waals surface area contributed by atoms with Gasteiger partial charge in [-0.05, 0) is 25.7 Å². The zero-order valence-corrected chi connectivity index (χ0v) is 18.1. The number of hydrogen-bond acceptors (Lipinski definition) is 3. The average Bonchev–Trinajstić information content (AvgIpc) is 3.09. The number of nitrogens with one attached hydrogen (secondary N) is 2. The van der Waals surface area contributed by atoms with Gasteiger partial charge in [0, 0.05) is 45.8 Å². The summed E-state index contributed by atoms with van der Waals surface area (Å²) in [4.78, 5) is 17.9. The molecule has 1 heterocycles. The molecular formula is C18H35IN4O2. The quantitative estimate of drug-likeness (QED) is 0.262. The third-order valence-corrected chi connectivity index (χ3v) is 4.93. The summed E-state index contributed by atoms with van der Waals surface area (Å²) in [7, 11) is 1.79. The second-order valence-corrected chi connectivity index (χ2v) is 6.81. The third kappa shape index (κ3) is 8.11. The lowest BCUT2D eigenvalue weighted by atomic mass is 9.98. The molecule has 7 heteroatoms. The number of rotatable bonds is 7. The molecule has 146 valence electrons. The Morgan fingerprint density at radius 1 is 1.24 bits per heavy atom. The summed E-state index contributed by atoms with van der Waals surface area (Å²) in [6, 6.07) is 0.296. The lowest BCUT2D eigenvalue weighted by Crippen LogP contribution is -2.45. The maximum atomic E-state index is 11.7. The van der Waals surface area contributed by atoms with Crippen LogP contribution in [0.4, 0.5) is 0 Å². The topological polar surface area (TPSA) is 66.0 Å². The Hall–Kier alpha value is -0.570. The van der Waals surface area contributed by atoms with Gasteiger partial charge >= 0.3 is 0 Å². The fourth-order valence-electron chi connectivity index (χ4n) is 3.48. The molecule has 6 nitrogen and oxygen atoms in total. The lowest BCUT2D eigenvalue weighted by Gasteiger charge is -2.22. The average molecular weight is 466 g/mol. The minimum atomic E-state index is 0. The summed E-state index contributed by atoms with van der Waals surface area (Å²) in [6.45, 7) is 5.21. The molecule has 0 radical (unpaired) electrons. The Morgan fingerprint density at radius 2 is 2.00 bits per heavy atom. The second-order valence-electron chi connectivity index (χ2n) is 6.81. The molecule has 2 fully saturated rings. The highest BCUT2D eigenvalue weighted by Crippen LogP contribution is 2.20. The molecule has 1 aliphatic carbocycles. The number of amides is 1. The van der Waals surface area contributed by atoms with E-state index in [0.717, 1.165) is 45.0 Å². The van der Waals surface area contributed by atoms with Crippen molar-refractivity contribution < 1.29 is 9.53 Å². The molecule has 1 unspecified atom stereocenters. The number of hydrogen-bond donors (Lipinski definition) is 2. The number of ether oxygens (including phenoxy) is 1. The first-order valence-corrected chi connectivity index (χ1v) is 9.59. The smallest absolute Gasteiger partial charge is 0.222 e. The van der Waals surface area contributed by atoms with Gasteiger partial charge in [0.15, 0.2) is 5.96 Å². The molecule has 0 aromatic carbocycles. The largest absolute Gasteiger partial charge is 0.378 e. The van der Waals surface area contributed by atoms with Gasteiger partial charge in [-0.3, -0.25) is 9.79 Å². The van der Waals surface area contributed by atoms with Crippen molar-refractivity contribution in [1.82, 2.24) is 15.5 Å². The normalized spacial score (nSPS) is 21.8. The molecule has 0 aromatic heterocycles. The number of carbonyl (C=O) groups is 1. The van der Waals surface area contributed by atoms with Gasteiger partial charge in [0.1, 0.15) is 0 Å². The summed E-state index contributed by atoms with van der Waals surface area (Å²) in [5.41, 5.74) is 0. The first-order valence-electron chi connectivity index (χ1n) is 9.59. The van der Waals surface area contributed by atoms with Gasteiger partial charge in [-0.15, -0.1) is 24.0 Å². The van der Waals surface area contributed by atoms with Crippen molar-refractivity contribution in [2.75, 3.05) is 33.3 Å². The molecule has 1 saturated heterocycles. The van der Waals surface area contributed by atoms with E-state index in [9.17, 15) is 4.79 Å². The second kappa shape index (κ2) is 12.7. The standard InChI is InChI=1S/C18H34N4O2.HI/c1-3-17(23)22-12-10-15(14-22)21-18(19-2)20-11-7-13-24-16-8-5-4-6-9-16;/h15-16H,3-14H2,1-2H3,(H2,19,20,21);1H. The van der Waals surface area contributed by atoms with E-state index in [1.807, 2.05) is 11.8 Å². The van der Waals surface area contributed by atoms with Crippen LogP contribution < -0.4 is 10.6 Å². The van der Waals surface area contributed by atoms with E-state index in [0.29, 0.717) is 18.6 Å². The monoisotopic (exact) mass is 466 g/mol. The SMILES string of the molecule is CCC(=O)N1CCC(NC(=NC)NCCCOC2CCCCC2)C1.I. The van der Waals surface area contributed by atoms with Crippen molar-refractivity contribution in [2.45, 2.75) is 70.4 Å². The third-order valence-electron chi connectivity index (χ3n) is 4.93. The lowest BCUT2D eigenvalue weighted by molar-refractivity contribution is -0.129. The van der Waals surface area contributed by atoms with Gasteiger partial charge in [-0.2, -0.15) is 0 Å². The molecule has 1 saturated carbocycles.